The minimum atomic E-state index is -0.871. The highest BCUT2D eigenvalue weighted by Gasteiger charge is 2.43. The molecule has 2 aromatic rings. The number of rotatable bonds is 7. The third-order valence-corrected chi connectivity index (χ3v) is 6.72. The summed E-state index contributed by atoms with van der Waals surface area (Å²) in [5.74, 6) is 0. The van der Waals surface area contributed by atoms with E-state index in [1.807, 2.05) is 38.1 Å². The van der Waals surface area contributed by atoms with Crippen LogP contribution in [-0.2, 0) is 24.5 Å². The maximum absolute atomic E-state index is 12.4. The molecule has 1 fully saturated rings. The Hall–Kier alpha value is -2.91. The first-order valence-electron chi connectivity index (χ1n) is 13.2. The van der Waals surface area contributed by atoms with E-state index in [0.29, 0.717) is 39.1 Å². The first kappa shape index (κ1) is 34.1. The number of carbonyl (C=O) groups is 3. The second-order valence-corrected chi connectivity index (χ2v) is 9.47. The van der Waals surface area contributed by atoms with Crippen LogP contribution in [0.2, 0.25) is 0 Å². The Labute approximate surface area is 241 Å². The lowest BCUT2D eigenvalue weighted by Crippen LogP contribution is -2.47. The standard InChI is InChI=1S/C24H29NO5S.C3H5ClO2.C2H6/c1-4-28-22(26)25-16-14-24(15-17-25,30-23(27)29-5-2)20-8-6-7-9-21(20)31-19-12-10-18(3)11-13-19;1-2-6-3(4)5;1-2/h6-13H,4-5,14-17H2,1-3H3;2H2,1H3;1-2H3. The van der Waals surface area contributed by atoms with E-state index in [1.54, 1.807) is 37.4 Å². The van der Waals surface area contributed by atoms with Gasteiger partial charge in [-0.25, -0.2) is 14.4 Å². The fourth-order valence-corrected chi connectivity index (χ4v) is 4.92. The second-order valence-electron chi connectivity index (χ2n) is 8.05. The van der Waals surface area contributed by atoms with Crippen LogP contribution in [0.15, 0.2) is 58.3 Å². The summed E-state index contributed by atoms with van der Waals surface area (Å²) in [5.41, 5.74) is 0.518. The third kappa shape index (κ3) is 11.4. The molecule has 3 rings (SSSR count). The zero-order chi connectivity index (χ0) is 29.3. The summed E-state index contributed by atoms with van der Waals surface area (Å²) in [7, 11) is 0. The second kappa shape index (κ2) is 18.4. The van der Waals surface area contributed by atoms with Crippen LogP contribution in [0.1, 0.15) is 58.6 Å². The van der Waals surface area contributed by atoms with Crippen LogP contribution in [0, 0.1) is 6.92 Å². The van der Waals surface area contributed by atoms with Gasteiger partial charge < -0.3 is 23.8 Å². The van der Waals surface area contributed by atoms with E-state index >= 15 is 0 Å². The van der Waals surface area contributed by atoms with E-state index in [2.05, 4.69) is 35.9 Å². The van der Waals surface area contributed by atoms with E-state index in [4.69, 9.17) is 25.8 Å². The number of ether oxygens (including phenoxy) is 4. The molecule has 1 amide bonds. The Bertz CT molecular complexity index is 1020. The molecule has 1 saturated heterocycles. The van der Waals surface area contributed by atoms with Gasteiger partial charge >= 0.3 is 17.7 Å². The van der Waals surface area contributed by atoms with Gasteiger partial charge in [-0.05, 0) is 45.9 Å². The van der Waals surface area contributed by atoms with E-state index in [0.717, 1.165) is 15.4 Å². The van der Waals surface area contributed by atoms with Crippen molar-refractivity contribution in [2.75, 3.05) is 32.9 Å². The lowest BCUT2D eigenvalue weighted by molar-refractivity contribution is -0.0700. The molecule has 0 spiro atoms. The summed E-state index contributed by atoms with van der Waals surface area (Å²) in [6, 6.07) is 16.3. The molecule has 39 heavy (non-hydrogen) atoms. The van der Waals surface area contributed by atoms with Gasteiger partial charge in [0.15, 0.2) is 0 Å². The molecule has 0 bridgehead atoms. The summed E-state index contributed by atoms with van der Waals surface area (Å²) in [6.45, 7) is 13.1. The average Bonchev–Trinajstić information content (AvgIpc) is 2.92. The maximum Gasteiger partial charge on any atom is 0.509 e. The van der Waals surface area contributed by atoms with Gasteiger partial charge in [0.25, 0.3) is 0 Å². The molecule has 0 aliphatic carbocycles. The number of hydrogen-bond acceptors (Lipinski definition) is 8. The Balaban J connectivity index is 0.000000839. The quantitative estimate of drug-likeness (QED) is 0.184. The summed E-state index contributed by atoms with van der Waals surface area (Å²) in [6.07, 6.45) is -0.0941. The van der Waals surface area contributed by atoms with Crippen molar-refractivity contribution in [1.82, 2.24) is 4.90 Å². The first-order chi connectivity index (χ1) is 18.7. The largest absolute Gasteiger partial charge is 0.509 e. The summed E-state index contributed by atoms with van der Waals surface area (Å²) >= 11 is 6.35. The maximum atomic E-state index is 12.4. The summed E-state index contributed by atoms with van der Waals surface area (Å²) < 4.78 is 20.3. The van der Waals surface area contributed by atoms with Crippen molar-refractivity contribution in [2.24, 2.45) is 0 Å². The zero-order valence-corrected chi connectivity index (χ0v) is 25.2. The van der Waals surface area contributed by atoms with Crippen LogP contribution in [0.25, 0.3) is 0 Å². The van der Waals surface area contributed by atoms with Crippen molar-refractivity contribution in [3.05, 3.63) is 59.7 Å². The highest BCUT2D eigenvalue weighted by Crippen LogP contribution is 2.43. The smallest absolute Gasteiger partial charge is 0.454 e. The Morgan fingerprint density at radius 1 is 0.872 bits per heavy atom. The number of piperidine rings is 1. The Kier molecular flexibility index (Phi) is 16.1. The van der Waals surface area contributed by atoms with Crippen molar-refractivity contribution in [1.29, 1.82) is 0 Å². The molecule has 1 heterocycles. The Morgan fingerprint density at radius 3 is 1.95 bits per heavy atom. The molecule has 10 heteroatoms. The predicted molar refractivity (Wildman–Crippen MR) is 154 cm³/mol. The molecule has 0 N–H and O–H groups in total. The van der Waals surface area contributed by atoms with Crippen LogP contribution in [-0.4, -0.2) is 55.5 Å². The molecule has 0 aromatic heterocycles. The van der Waals surface area contributed by atoms with Crippen LogP contribution in [0.5, 0.6) is 0 Å². The van der Waals surface area contributed by atoms with Crippen molar-refractivity contribution >= 4 is 41.0 Å². The molecule has 1 aliphatic rings. The number of carbonyl (C=O) groups excluding carboxylic acids is 3. The van der Waals surface area contributed by atoms with E-state index < -0.39 is 17.2 Å². The molecular weight excluding hydrogens is 542 g/mol. The first-order valence-corrected chi connectivity index (χ1v) is 14.4. The number of benzene rings is 2. The number of aryl methyl sites for hydroxylation is 1. The SMILES string of the molecule is CC.CCOC(=O)Cl.CCOC(=O)OC1(c2ccccc2Sc2ccc(C)cc2)CCN(C(=O)OCC)CC1. The monoisotopic (exact) mass is 581 g/mol. The highest BCUT2D eigenvalue weighted by atomic mass is 35.5. The minimum absolute atomic E-state index is 0.240. The summed E-state index contributed by atoms with van der Waals surface area (Å²) in [4.78, 5) is 37.9. The van der Waals surface area contributed by atoms with Crippen LogP contribution >= 0.6 is 23.4 Å². The van der Waals surface area contributed by atoms with Gasteiger partial charge in [-0.3, -0.25) is 0 Å². The number of halogens is 1. The van der Waals surface area contributed by atoms with Gasteiger partial charge in [0, 0.05) is 52.9 Å². The van der Waals surface area contributed by atoms with Gasteiger partial charge in [0.05, 0.1) is 19.8 Å². The lowest BCUT2D eigenvalue weighted by atomic mass is 9.84. The fraction of sp³-hybridized carbons (Fsp3) is 0.483. The van der Waals surface area contributed by atoms with E-state index in [-0.39, 0.29) is 12.7 Å². The number of nitrogens with zero attached hydrogens (tertiary/aromatic N) is 1. The molecule has 216 valence electrons. The van der Waals surface area contributed by atoms with Gasteiger partial charge in [-0.2, -0.15) is 0 Å². The van der Waals surface area contributed by atoms with Gasteiger partial charge in [0.1, 0.15) is 5.60 Å². The molecule has 0 saturated carbocycles. The fourth-order valence-electron chi connectivity index (χ4n) is 3.78. The molecule has 1 aliphatic heterocycles. The number of likely N-dealkylation sites (tertiary alicyclic amines) is 1. The van der Waals surface area contributed by atoms with Crippen molar-refractivity contribution in [3.8, 4) is 0 Å². The topological polar surface area (TPSA) is 91.4 Å². The van der Waals surface area contributed by atoms with Crippen molar-refractivity contribution in [2.45, 2.75) is 69.8 Å². The van der Waals surface area contributed by atoms with E-state index in [9.17, 15) is 14.4 Å². The number of hydrogen-bond donors (Lipinski definition) is 0. The Morgan fingerprint density at radius 2 is 1.44 bits per heavy atom. The van der Waals surface area contributed by atoms with Crippen molar-refractivity contribution < 1.29 is 33.3 Å². The molecule has 8 nitrogen and oxygen atoms in total. The average molecular weight is 582 g/mol. The molecule has 0 unspecified atom stereocenters. The molecule has 0 atom stereocenters. The molecule has 2 aromatic carbocycles. The van der Waals surface area contributed by atoms with Crippen molar-refractivity contribution in [3.63, 3.8) is 0 Å². The highest BCUT2D eigenvalue weighted by molar-refractivity contribution is 7.99. The number of amides is 1. The van der Waals surface area contributed by atoms with E-state index in [1.165, 1.54) is 5.56 Å². The normalized spacial score (nSPS) is 13.5. The summed E-state index contributed by atoms with van der Waals surface area (Å²) in [5, 5.41) is 0. The van der Waals surface area contributed by atoms with Gasteiger partial charge in [-0.1, -0.05) is 61.5 Å². The lowest BCUT2D eigenvalue weighted by Gasteiger charge is -2.41. The molecular formula is C29H40ClNO7S. The molecule has 0 radical (unpaired) electrons. The van der Waals surface area contributed by atoms with Gasteiger partial charge in [-0.15, -0.1) is 0 Å². The third-order valence-electron chi connectivity index (χ3n) is 5.52. The van der Waals surface area contributed by atoms with Crippen LogP contribution in [0.3, 0.4) is 0 Å². The van der Waals surface area contributed by atoms with Gasteiger partial charge in [0.2, 0.25) is 0 Å². The zero-order valence-electron chi connectivity index (χ0n) is 23.7. The predicted octanol–water partition coefficient (Wildman–Crippen LogP) is 8.17. The van der Waals surface area contributed by atoms with Crippen LogP contribution < -0.4 is 0 Å². The van der Waals surface area contributed by atoms with Crippen LogP contribution in [0.4, 0.5) is 14.4 Å². The minimum Gasteiger partial charge on any atom is -0.454 e.